The Morgan fingerprint density at radius 1 is 1.50 bits per heavy atom. The van der Waals surface area contributed by atoms with E-state index < -0.39 is 0 Å². The molecule has 1 N–H and O–H groups in total. The highest BCUT2D eigenvalue weighted by atomic mass is 16.1. The Morgan fingerprint density at radius 3 is 2.43 bits per heavy atom. The smallest absolute Gasteiger partial charge is 0.243 e. The van der Waals surface area contributed by atoms with Gasteiger partial charge in [0.15, 0.2) is 0 Å². The van der Waals surface area contributed by atoms with Gasteiger partial charge in [-0.15, -0.1) is 0 Å². The molecule has 0 fully saturated rings. The number of hydrogen-bond acceptors (Lipinski definition) is 2. The second-order valence-corrected chi connectivity index (χ2v) is 4.20. The quantitative estimate of drug-likeness (QED) is 0.652. The number of carbonyl (C=O) groups excluding carboxylic acids is 1. The third kappa shape index (κ3) is 5.75. The number of nitrogens with one attached hydrogen (secondary N) is 1. The van der Waals surface area contributed by atoms with E-state index in [0.717, 1.165) is 6.42 Å². The second-order valence-electron chi connectivity index (χ2n) is 4.20. The zero-order valence-corrected chi connectivity index (χ0v) is 9.71. The number of amides is 1. The van der Waals surface area contributed by atoms with Gasteiger partial charge in [-0.3, -0.25) is 4.79 Å². The maximum atomic E-state index is 11.0. The Hall–Kier alpha value is -0.830. The molecule has 14 heavy (non-hydrogen) atoms. The van der Waals surface area contributed by atoms with Crippen LogP contribution in [0.2, 0.25) is 0 Å². The predicted octanol–water partition coefficient (Wildman–Crippen LogP) is 1.26. The number of rotatable bonds is 6. The van der Waals surface area contributed by atoms with Gasteiger partial charge in [0.05, 0.1) is 0 Å². The third-order valence-corrected chi connectivity index (χ3v) is 2.17. The van der Waals surface area contributed by atoms with Crippen LogP contribution in [0, 0.1) is 5.92 Å². The highest BCUT2D eigenvalue weighted by Gasteiger charge is 2.13. The van der Waals surface area contributed by atoms with Crippen LogP contribution in [0.15, 0.2) is 12.7 Å². The molecule has 1 unspecified atom stereocenters. The maximum absolute atomic E-state index is 11.0. The first-order valence-electron chi connectivity index (χ1n) is 5.04. The summed E-state index contributed by atoms with van der Waals surface area (Å²) in [7, 11) is 4.07. The van der Waals surface area contributed by atoms with Gasteiger partial charge in [-0.25, -0.2) is 0 Å². The van der Waals surface area contributed by atoms with Gasteiger partial charge in [0.2, 0.25) is 5.91 Å². The fourth-order valence-corrected chi connectivity index (χ4v) is 1.31. The van der Waals surface area contributed by atoms with Crippen LogP contribution in [0.25, 0.3) is 0 Å². The zero-order chi connectivity index (χ0) is 11.1. The Bertz CT molecular complexity index is 188. The van der Waals surface area contributed by atoms with Crippen LogP contribution >= 0.6 is 0 Å². The predicted molar refractivity (Wildman–Crippen MR) is 60.1 cm³/mol. The second kappa shape index (κ2) is 6.60. The zero-order valence-electron chi connectivity index (χ0n) is 9.71. The Labute approximate surface area is 87.2 Å². The van der Waals surface area contributed by atoms with Crippen molar-refractivity contribution in [3.8, 4) is 0 Å². The third-order valence-electron chi connectivity index (χ3n) is 2.17. The first kappa shape index (κ1) is 13.2. The lowest BCUT2D eigenvalue weighted by atomic mass is 10.0. The average molecular weight is 198 g/mol. The number of hydrogen-bond donors (Lipinski definition) is 1. The lowest BCUT2D eigenvalue weighted by Crippen LogP contribution is -2.40. The number of carbonyl (C=O) groups is 1. The topological polar surface area (TPSA) is 32.3 Å². The SMILES string of the molecule is C=CC(=O)NCC(CC(C)C)N(C)C. The van der Waals surface area contributed by atoms with Crippen molar-refractivity contribution >= 4 is 5.91 Å². The van der Waals surface area contributed by atoms with E-state index in [1.54, 1.807) is 0 Å². The lowest BCUT2D eigenvalue weighted by Gasteiger charge is -2.25. The van der Waals surface area contributed by atoms with Gasteiger partial charge >= 0.3 is 0 Å². The molecule has 3 nitrogen and oxygen atoms in total. The van der Waals surface area contributed by atoms with Crippen LogP contribution in [0.1, 0.15) is 20.3 Å². The van der Waals surface area contributed by atoms with Crippen molar-refractivity contribution in [2.24, 2.45) is 5.92 Å². The van der Waals surface area contributed by atoms with Crippen molar-refractivity contribution in [2.45, 2.75) is 26.3 Å². The Kier molecular flexibility index (Phi) is 6.21. The van der Waals surface area contributed by atoms with E-state index in [9.17, 15) is 4.79 Å². The minimum atomic E-state index is -0.0967. The fourth-order valence-electron chi connectivity index (χ4n) is 1.31. The van der Waals surface area contributed by atoms with Crippen molar-refractivity contribution in [1.82, 2.24) is 10.2 Å². The molecule has 3 heteroatoms. The lowest BCUT2D eigenvalue weighted by molar-refractivity contribution is -0.116. The van der Waals surface area contributed by atoms with E-state index in [1.165, 1.54) is 6.08 Å². The molecule has 0 radical (unpaired) electrons. The summed E-state index contributed by atoms with van der Waals surface area (Å²) >= 11 is 0. The van der Waals surface area contributed by atoms with Crippen LogP contribution in [0.3, 0.4) is 0 Å². The first-order valence-corrected chi connectivity index (χ1v) is 5.04. The summed E-state index contributed by atoms with van der Waals surface area (Å²) in [6.45, 7) is 8.48. The maximum Gasteiger partial charge on any atom is 0.243 e. The van der Waals surface area contributed by atoms with Gasteiger partial charge in [-0.2, -0.15) is 0 Å². The van der Waals surface area contributed by atoms with Crippen molar-refractivity contribution in [3.63, 3.8) is 0 Å². The van der Waals surface area contributed by atoms with Gasteiger partial charge in [0.25, 0.3) is 0 Å². The van der Waals surface area contributed by atoms with Crippen LogP contribution in [-0.2, 0) is 4.79 Å². The van der Waals surface area contributed by atoms with E-state index in [4.69, 9.17) is 0 Å². The van der Waals surface area contributed by atoms with Crippen molar-refractivity contribution in [3.05, 3.63) is 12.7 Å². The molecule has 0 aliphatic rings. The molecule has 0 aromatic heterocycles. The molecule has 0 heterocycles. The van der Waals surface area contributed by atoms with Crippen molar-refractivity contribution in [1.29, 1.82) is 0 Å². The van der Waals surface area contributed by atoms with Crippen molar-refractivity contribution < 1.29 is 4.79 Å². The summed E-state index contributed by atoms with van der Waals surface area (Å²) in [5.74, 6) is 0.545. The molecular weight excluding hydrogens is 176 g/mol. The summed E-state index contributed by atoms with van der Waals surface area (Å²) in [5.41, 5.74) is 0. The molecule has 0 aliphatic carbocycles. The molecule has 0 aromatic rings. The van der Waals surface area contributed by atoms with Crippen LogP contribution < -0.4 is 5.32 Å². The summed E-state index contributed by atoms with van der Waals surface area (Å²) in [4.78, 5) is 13.1. The molecule has 1 atom stereocenters. The minimum Gasteiger partial charge on any atom is -0.351 e. The summed E-state index contributed by atoms with van der Waals surface area (Å²) in [6, 6.07) is 0.402. The van der Waals surface area contributed by atoms with Gasteiger partial charge < -0.3 is 10.2 Å². The van der Waals surface area contributed by atoms with Crippen LogP contribution in [0.4, 0.5) is 0 Å². The van der Waals surface area contributed by atoms with Gasteiger partial charge in [-0.05, 0) is 32.5 Å². The minimum absolute atomic E-state index is 0.0967. The van der Waals surface area contributed by atoms with Crippen LogP contribution in [-0.4, -0.2) is 37.5 Å². The molecule has 0 saturated heterocycles. The standard InChI is InChI=1S/C11H22N2O/c1-6-11(14)12-8-10(13(4)5)7-9(2)3/h6,9-10H,1,7-8H2,2-5H3,(H,12,14). The van der Waals surface area contributed by atoms with Gasteiger partial charge in [0, 0.05) is 12.6 Å². The Morgan fingerprint density at radius 2 is 2.07 bits per heavy atom. The molecular formula is C11H22N2O. The molecule has 0 aliphatic heterocycles. The molecule has 82 valence electrons. The Balaban J connectivity index is 3.97. The molecule has 0 aromatic carbocycles. The summed E-state index contributed by atoms with van der Waals surface area (Å²) < 4.78 is 0. The van der Waals surface area contributed by atoms with E-state index in [0.29, 0.717) is 18.5 Å². The monoisotopic (exact) mass is 198 g/mol. The summed E-state index contributed by atoms with van der Waals surface area (Å²) in [5, 5.41) is 2.82. The fraction of sp³-hybridized carbons (Fsp3) is 0.727. The molecule has 0 saturated carbocycles. The largest absolute Gasteiger partial charge is 0.351 e. The van der Waals surface area contributed by atoms with E-state index in [1.807, 2.05) is 14.1 Å². The highest BCUT2D eigenvalue weighted by Crippen LogP contribution is 2.07. The van der Waals surface area contributed by atoms with E-state index in [2.05, 4.69) is 30.6 Å². The average Bonchev–Trinajstić information content (AvgIpc) is 2.10. The molecule has 1 amide bonds. The normalized spacial score (nSPS) is 13.0. The van der Waals surface area contributed by atoms with E-state index >= 15 is 0 Å². The van der Waals surface area contributed by atoms with Gasteiger partial charge in [0.1, 0.15) is 0 Å². The molecule has 0 spiro atoms. The first-order chi connectivity index (χ1) is 6.47. The van der Waals surface area contributed by atoms with Crippen molar-refractivity contribution in [2.75, 3.05) is 20.6 Å². The molecule has 0 bridgehead atoms. The number of nitrogens with zero attached hydrogens (tertiary/aromatic N) is 1. The summed E-state index contributed by atoms with van der Waals surface area (Å²) in [6.07, 6.45) is 2.40. The van der Waals surface area contributed by atoms with E-state index in [-0.39, 0.29) is 5.91 Å². The van der Waals surface area contributed by atoms with Gasteiger partial charge in [-0.1, -0.05) is 20.4 Å². The van der Waals surface area contributed by atoms with Crippen LogP contribution in [0.5, 0.6) is 0 Å². The highest BCUT2D eigenvalue weighted by molar-refractivity contribution is 5.86. The number of likely N-dealkylation sites (N-methyl/N-ethyl adjacent to an activating group) is 1. The molecule has 0 rings (SSSR count).